The van der Waals surface area contributed by atoms with Gasteiger partial charge in [0, 0.05) is 22.6 Å². The number of halogens is 4. The molecule has 2 saturated carbocycles. The zero-order chi connectivity index (χ0) is 31.6. The molecule has 0 radical (unpaired) electrons. The number of nitrogens with zero attached hydrogens (tertiary/aromatic N) is 1. The number of fused-ring (bicyclic) bond motifs is 1. The fraction of sp³-hybridized carbons (Fsp3) is 0.515. The number of nitrogens with one attached hydrogen (secondary N) is 2. The summed E-state index contributed by atoms with van der Waals surface area (Å²) in [6, 6.07) is 12.6. The average Bonchev–Trinajstić information content (AvgIpc) is 3.88. The summed E-state index contributed by atoms with van der Waals surface area (Å²) >= 11 is 6.13. The Balaban J connectivity index is 1.48. The van der Waals surface area contributed by atoms with Crippen LogP contribution in [0.15, 0.2) is 47.5 Å². The normalized spacial score (nSPS) is 19.8. The highest BCUT2D eigenvalue weighted by atomic mass is 35.5. The van der Waals surface area contributed by atoms with Gasteiger partial charge in [-0.1, -0.05) is 68.6 Å². The molecule has 2 aromatic carbocycles. The van der Waals surface area contributed by atoms with Crippen LogP contribution >= 0.6 is 11.6 Å². The largest absolute Gasteiger partial charge is 0.465 e. The number of carbonyl (C=O) groups excluding carboxylic acids is 3. The van der Waals surface area contributed by atoms with E-state index in [1.807, 2.05) is 32.0 Å². The highest BCUT2D eigenvalue weighted by molar-refractivity contribution is 6.31. The molecule has 2 aliphatic carbocycles. The lowest BCUT2D eigenvalue weighted by Gasteiger charge is -2.27. The Morgan fingerprint density at radius 3 is 2.39 bits per heavy atom. The van der Waals surface area contributed by atoms with Crippen LogP contribution < -0.4 is 10.6 Å². The molecular formula is C33H37ClF3N3O4. The lowest BCUT2D eigenvalue weighted by Crippen LogP contribution is -2.47. The molecule has 2 N–H and O–H groups in total. The highest BCUT2D eigenvalue weighted by Gasteiger charge is 2.42. The van der Waals surface area contributed by atoms with Crippen molar-refractivity contribution in [3.05, 3.63) is 64.2 Å². The number of carbonyl (C=O) groups is 3. The minimum atomic E-state index is -4.54. The first kappa shape index (κ1) is 32.0. The van der Waals surface area contributed by atoms with Gasteiger partial charge in [-0.05, 0) is 61.1 Å². The summed E-state index contributed by atoms with van der Waals surface area (Å²) in [4.78, 5) is 45.4. The number of para-hydroxylation sites is 1. The Bertz CT molecular complexity index is 1420. The molecule has 3 atom stereocenters. The summed E-state index contributed by atoms with van der Waals surface area (Å²) in [6.07, 6.45) is -3.97. The van der Waals surface area contributed by atoms with Gasteiger partial charge in [-0.3, -0.25) is 14.4 Å². The van der Waals surface area contributed by atoms with Crippen LogP contribution in [-0.2, 0) is 19.1 Å². The van der Waals surface area contributed by atoms with Crippen LogP contribution in [0.3, 0.4) is 0 Å². The number of hydrogen-bond acceptors (Lipinski definition) is 5. The molecule has 0 bridgehead atoms. The van der Waals surface area contributed by atoms with Gasteiger partial charge >= 0.3 is 12.1 Å². The molecule has 11 heteroatoms. The molecule has 236 valence electrons. The summed E-state index contributed by atoms with van der Waals surface area (Å²) in [5.74, 6) is -4.14. The number of benzene rings is 2. The van der Waals surface area contributed by atoms with E-state index in [2.05, 4.69) is 15.6 Å². The zero-order valence-electron chi connectivity index (χ0n) is 24.8. The number of rotatable bonds is 12. The van der Waals surface area contributed by atoms with Crippen LogP contribution in [0.1, 0.15) is 81.4 Å². The number of benzodiazepines with no additional fused rings is 1. The van der Waals surface area contributed by atoms with Gasteiger partial charge in [0.15, 0.2) is 0 Å². The van der Waals surface area contributed by atoms with Gasteiger partial charge in [0.05, 0.1) is 29.8 Å². The van der Waals surface area contributed by atoms with E-state index >= 15 is 0 Å². The highest BCUT2D eigenvalue weighted by Crippen LogP contribution is 2.45. The number of anilines is 1. The van der Waals surface area contributed by atoms with Crippen LogP contribution in [-0.4, -0.2) is 42.4 Å². The summed E-state index contributed by atoms with van der Waals surface area (Å²) in [7, 11) is 0. The molecule has 0 saturated heterocycles. The van der Waals surface area contributed by atoms with E-state index in [-0.39, 0.29) is 30.8 Å². The number of hydrogen-bond donors (Lipinski definition) is 2. The van der Waals surface area contributed by atoms with E-state index in [1.165, 1.54) is 0 Å². The standard InChI is InChI=1S/C33H37ClF3N3O4/c1-18(2)17-44-32(43)26(16-19-6-7-19)24(14-15-33(35,36)37)30(41)40-29-31(42)39-28-23(20-8-9-20)4-3-5-25(28)27(38-29)21-10-12-22(34)13-11-21/h3-5,10-13,18-20,24,26,29H,6-9,14-17H2,1-2H3,(H,39,42)(H,40,41). The second-order valence-corrected chi connectivity index (χ2v) is 12.9. The first-order chi connectivity index (χ1) is 20.9. The molecular weight excluding hydrogens is 595 g/mol. The molecule has 7 nitrogen and oxygen atoms in total. The van der Waals surface area contributed by atoms with Crippen molar-refractivity contribution in [1.29, 1.82) is 0 Å². The fourth-order valence-corrected chi connectivity index (χ4v) is 5.72. The predicted molar refractivity (Wildman–Crippen MR) is 161 cm³/mol. The fourth-order valence-electron chi connectivity index (χ4n) is 5.60. The van der Waals surface area contributed by atoms with Crippen molar-refractivity contribution in [1.82, 2.24) is 5.32 Å². The third kappa shape index (κ3) is 8.20. The van der Waals surface area contributed by atoms with E-state index < -0.39 is 54.8 Å². The Hall–Kier alpha value is -3.40. The Morgan fingerprint density at radius 2 is 1.77 bits per heavy atom. The van der Waals surface area contributed by atoms with Gasteiger partial charge in [0.25, 0.3) is 5.91 Å². The van der Waals surface area contributed by atoms with Crippen molar-refractivity contribution < 1.29 is 32.3 Å². The first-order valence-electron chi connectivity index (χ1n) is 15.2. The minimum Gasteiger partial charge on any atom is -0.465 e. The van der Waals surface area contributed by atoms with E-state index in [0.717, 1.165) is 31.2 Å². The quantitative estimate of drug-likeness (QED) is 0.246. The molecule has 5 rings (SSSR count). The third-order valence-corrected chi connectivity index (χ3v) is 8.48. The van der Waals surface area contributed by atoms with Crippen LogP contribution in [0, 0.1) is 23.7 Å². The first-order valence-corrected chi connectivity index (χ1v) is 15.6. The Morgan fingerprint density at radius 1 is 1.07 bits per heavy atom. The summed E-state index contributed by atoms with van der Waals surface area (Å²) < 4.78 is 45.7. The van der Waals surface area contributed by atoms with Gasteiger partial charge in [-0.25, -0.2) is 4.99 Å². The Kier molecular flexibility index (Phi) is 9.68. The number of aliphatic imine (C=N–C) groups is 1. The van der Waals surface area contributed by atoms with E-state index in [1.54, 1.807) is 24.3 Å². The van der Waals surface area contributed by atoms with Gasteiger partial charge in [-0.2, -0.15) is 13.2 Å². The molecule has 1 aliphatic heterocycles. The number of alkyl halides is 3. The molecule has 1 heterocycles. The molecule has 2 amide bonds. The monoisotopic (exact) mass is 631 g/mol. The SMILES string of the molecule is CC(C)COC(=O)C(CC1CC1)C(CCC(F)(F)F)C(=O)NC1N=C(c2ccc(Cl)cc2)c2cccc(C3CC3)c2NC1=O. The molecule has 0 aromatic heterocycles. The molecule has 2 aromatic rings. The maximum Gasteiger partial charge on any atom is 0.389 e. The maximum atomic E-state index is 13.9. The number of ether oxygens (including phenoxy) is 1. The van der Waals surface area contributed by atoms with Crippen LogP contribution in [0.5, 0.6) is 0 Å². The van der Waals surface area contributed by atoms with Gasteiger partial charge < -0.3 is 15.4 Å². The molecule has 3 unspecified atom stereocenters. The predicted octanol–water partition coefficient (Wildman–Crippen LogP) is 7.02. The molecule has 2 fully saturated rings. The summed E-state index contributed by atoms with van der Waals surface area (Å²) in [6.45, 7) is 3.80. The average molecular weight is 632 g/mol. The number of esters is 1. The Labute approximate surface area is 260 Å². The van der Waals surface area contributed by atoms with Gasteiger partial charge in [-0.15, -0.1) is 0 Å². The van der Waals surface area contributed by atoms with Crippen molar-refractivity contribution in [2.45, 2.75) is 77.1 Å². The van der Waals surface area contributed by atoms with Crippen LogP contribution in [0.25, 0.3) is 0 Å². The van der Waals surface area contributed by atoms with E-state index in [4.69, 9.17) is 16.3 Å². The summed E-state index contributed by atoms with van der Waals surface area (Å²) in [5.41, 5.74) is 3.31. The van der Waals surface area contributed by atoms with Crippen molar-refractivity contribution in [2.75, 3.05) is 11.9 Å². The van der Waals surface area contributed by atoms with Crippen molar-refractivity contribution in [3.8, 4) is 0 Å². The lowest BCUT2D eigenvalue weighted by molar-refractivity contribution is -0.159. The second kappa shape index (κ2) is 13.3. The van der Waals surface area contributed by atoms with Crippen molar-refractivity contribution >= 4 is 40.8 Å². The zero-order valence-corrected chi connectivity index (χ0v) is 25.5. The van der Waals surface area contributed by atoms with E-state index in [0.29, 0.717) is 27.5 Å². The minimum absolute atomic E-state index is 0.0143. The smallest absolute Gasteiger partial charge is 0.389 e. The molecule has 44 heavy (non-hydrogen) atoms. The summed E-state index contributed by atoms with van der Waals surface area (Å²) in [5, 5.41) is 6.05. The molecule has 3 aliphatic rings. The van der Waals surface area contributed by atoms with Crippen molar-refractivity contribution in [2.24, 2.45) is 28.7 Å². The van der Waals surface area contributed by atoms with Crippen LogP contribution in [0.4, 0.5) is 18.9 Å². The van der Waals surface area contributed by atoms with Gasteiger partial charge in [0.2, 0.25) is 12.1 Å². The van der Waals surface area contributed by atoms with Crippen molar-refractivity contribution in [3.63, 3.8) is 0 Å². The third-order valence-electron chi connectivity index (χ3n) is 8.23. The molecule has 0 spiro atoms. The maximum absolute atomic E-state index is 13.9. The lowest BCUT2D eigenvalue weighted by atomic mass is 9.83. The number of amides is 2. The van der Waals surface area contributed by atoms with E-state index in [9.17, 15) is 27.6 Å². The second-order valence-electron chi connectivity index (χ2n) is 12.5. The van der Waals surface area contributed by atoms with Crippen LogP contribution in [0.2, 0.25) is 5.02 Å². The van der Waals surface area contributed by atoms with Gasteiger partial charge in [0.1, 0.15) is 0 Å². The topological polar surface area (TPSA) is 96.9 Å².